The van der Waals surface area contributed by atoms with Gasteiger partial charge in [0.2, 0.25) is 0 Å². The van der Waals surface area contributed by atoms with Crippen molar-refractivity contribution in [3.8, 4) is 5.75 Å². The molecule has 2 aromatic rings. The van der Waals surface area contributed by atoms with Crippen LogP contribution in [-0.2, 0) is 0 Å². The Morgan fingerprint density at radius 1 is 1.22 bits per heavy atom. The van der Waals surface area contributed by atoms with Crippen molar-refractivity contribution in [2.75, 3.05) is 12.4 Å². The first-order chi connectivity index (χ1) is 8.58. The lowest BCUT2D eigenvalue weighted by Gasteiger charge is -2.15. The number of methoxy groups -OCH3 is 1. The van der Waals surface area contributed by atoms with Crippen LogP contribution in [0, 0.1) is 0 Å². The Morgan fingerprint density at radius 3 is 2.61 bits per heavy atom. The Bertz CT molecular complexity index is 542. The summed E-state index contributed by atoms with van der Waals surface area (Å²) < 4.78 is 7.41. The number of rotatable bonds is 4. The lowest BCUT2D eigenvalue weighted by Crippen LogP contribution is -2.04. The first-order valence-corrected chi connectivity index (χ1v) is 7.85. The molecule has 2 nitrogen and oxygen atoms in total. The van der Waals surface area contributed by atoms with Gasteiger partial charge in [-0.3, -0.25) is 0 Å². The summed E-state index contributed by atoms with van der Waals surface area (Å²) in [5.41, 5.74) is 1.04. The van der Waals surface area contributed by atoms with Crippen molar-refractivity contribution in [1.82, 2.24) is 0 Å². The highest BCUT2D eigenvalue weighted by atomic mass is 79.9. The third-order valence-corrected chi connectivity index (χ3v) is 4.78. The molecule has 1 aromatic heterocycles. The Labute approximate surface area is 128 Å². The Kier molecular flexibility index (Phi) is 4.70. The van der Waals surface area contributed by atoms with Crippen molar-refractivity contribution in [2.45, 2.75) is 13.0 Å². The standard InChI is InChI=1S/C13H13Br2NOS/c1-8(12-3-4-13(15)18-12)16-10-5-9(14)6-11(7-10)17-2/h3-8,16H,1-2H3. The van der Waals surface area contributed by atoms with E-state index in [4.69, 9.17) is 4.74 Å². The van der Waals surface area contributed by atoms with Crippen molar-refractivity contribution in [1.29, 1.82) is 0 Å². The lowest BCUT2D eigenvalue weighted by molar-refractivity contribution is 0.414. The molecular formula is C13H13Br2NOS. The van der Waals surface area contributed by atoms with Crippen LogP contribution in [0.25, 0.3) is 0 Å². The highest BCUT2D eigenvalue weighted by Crippen LogP contribution is 2.31. The van der Waals surface area contributed by atoms with Crippen LogP contribution in [-0.4, -0.2) is 7.11 Å². The maximum Gasteiger partial charge on any atom is 0.122 e. The van der Waals surface area contributed by atoms with E-state index in [0.29, 0.717) is 0 Å². The van der Waals surface area contributed by atoms with E-state index < -0.39 is 0 Å². The summed E-state index contributed by atoms with van der Waals surface area (Å²) in [5.74, 6) is 0.839. The van der Waals surface area contributed by atoms with Crippen molar-refractivity contribution >= 4 is 48.9 Å². The van der Waals surface area contributed by atoms with Crippen LogP contribution >= 0.6 is 43.2 Å². The molecule has 1 atom stereocenters. The van der Waals surface area contributed by atoms with Crippen LogP contribution in [0.15, 0.2) is 38.6 Å². The van der Waals surface area contributed by atoms with Gasteiger partial charge in [-0.15, -0.1) is 11.3 Å². The molecule has 18 heavy (non-hydrogen) atoms. The Morgan fingerprint density at radius 2 is 2.00 bits per heavy atom. The van der Waals surface area contributed by atoms with Gasteiger partial charge < -0.3 is 10.1 Å². The predicted molar refractivity (Wildman–Crippen MR) is 84.8 cm³/mol. The monoisotopic (exact) mass is 389 g/mol. The molecule has 2 rings (SSSR count). The fraction of sp³-hybridized carbons (Fsp3) is 0.231. The Balaban J connectivity index is 2.16. The number of anilines is 1. The van der Waals surface area contributed by atoms with Crippen molar-refractivity contribution < 1.29 is 4.74 Å². The van der Waals surface area contributed by atoms with Crippen molar-refractivity contribution in [3.63, 3.8) is 0 Å². The van der Waals surface area contributed by atoms with E-state index >= 15 is 0 Å². The summed E-state index contributed by atoms with van der Waals surface area (Å²) in [6, 6.07) is 10.4. The second kappa shape index (κ2) is 6.08. The Hall–Kier alpha value is -0.520. The third kappa shape index (κ3) is 3.49. The molecule has 5 heteroatoms. The molecule has 0 radical (unpaired) electrons. The average molecular weight is 391 g/mol. The molecule has 0 spiro atoms. The van der Waals surface area contributed by atoms with E-state index in [1.54, 1.807) is 18.4 Å². The molecule has 1 heterocycles. The number of ether oxygens (including phenoxy) is 1. The van der Waals surface area contributed by atoms with Gasteiger partial charge in [0.25, 0.3) is 0 Å². The van der Waals surface area contributed by atoms with Gasteiger partial charge in [0.1, 0.15) is 5.75 Å². The molecule has 0 amide bonds. The zero-order valence-electron chi connectivity index (χ0n) is 10.0. The SMILES string of the molecule is COc1cc(Br)cc(NC(C)c2ccc(Br)s2)c1. The normalized spacial score (nSPS) is 12.2. The molecule has 1 N–H and O–H groups in total. The van der Waals surface area contributed by atoms with Gasteiger partial charge in [-0.25, -0.2) is 0 Å². The predicted octanol–water partition coefficient (Wildman–Crippen LogP) is 5.45. The van der Waals surface area contributed by atoms with Crippen LogP contribution in [0.4, 0.5) is 5.69 Å². The molecule has 0 bridgehead atoms. The number of thiophene rings is 1. The van der Waals surface area contributed by atoms with Crippen LogP contribution in [0.1, 0.15) is 17.8 Å². The molecule has 0 saturated heterocycles. The first kappa shape index (κ1) is 13.9. The lowest BCUT2D eigenvalue weighted by atomic mass is 10.2. The quantitative estimate of drug-likeness (QED) is 0.748. The average Bonchev–Trinajstić information content (AvgIpc) is 2.75. The van der Waals surface area contributed by atoms with Gasteiger partial charge in [-0.2, -0.15) is 0 Å². The van der Waals surface area contributed by atoms with Gasteiger partial charge in [0.15, 0.2) is 0 Å². The number of halogens is 2. The summed E-state index contributed by atoms with van der Waals surface area (Å²) >= 11 is 8.70. The van der Waals surface area contributed by atoms with Gasteiger partial charge in [-0.05, 0) is 47.1 Å². The highest BCUT2D eigenvalue weighted by molar-refractivity contribution is 9.11. The number of hydrogen-bond donors (Lipinski definition) is 1. The summed E-state index contributed by atoms with van der Waals surface area (Å²) in [7, 11) is 1.67. The van der Waals surface area contributed by atoms with E-state index in [-0.39, 0.29) is 6.04 Å². The fourth-order valence-electron chi connectivity index (χ4n) is 1.65. The maximum absolute atomic E-state index is 5.25. The summed E-state index contributed by atoms with van der Waals surface area (Å²) in [5, 5.41) is 3.47. The minimum absolute atomic E-state index is 0.264. The molecule has 1 unspecified atom stereocenters. The number of nitrogens with one attached hydrogen (secondary N) is 1. The molecule has 0 aliphatic carbocycles. The van der Waals surface area contributed by atoms with E-state index in [0.717, 1.165) is 19.7 Å². The fourth-order valence-corrected chi connectivity index (χ4v) is 3.54. The summed E-state index contributed by atoms with van der Waals surface area (Å²) in [6.07, 6.45) is 0. The zero-order chi connectivity index (χ0) is 13.1. The number of benzene rings is 1. The van der Waals surface area contributed by atoms with Gasteiger partial charge in [0, 0.05) is 21.1 Å². The molecule has 96 valence electrons. The molecule has 0 saturated carbocycles. The second-order valence-electron chi connectivity index (χ2n) is 3.89. The van der Waals surface area contributed by atoms with E-state index in [2.05, 4.69) is 56.2 Å². The largest absolute Gasteiger partial charge is 0.497 e. The van der Waals surface area contributed by atoms with E-state index in [9.17, 15) is 0 Å². The molecule has 0 fully saturated rings. The van der Waals surface area contributed by atoms with Crippen LogP contribution in [0.3, 0.4) is 0 Å². The summed E-state index contributed by atoms with van der Waals surface area (Å²) in [4.78, 5) is 1.29. The van der Waals surface area contributed by atoms with Crippen molar-refractivity contribution in [2.24, 2.45) is 0 Å². The van der Waals surface area contributed by atoms with E-state index in [1.807, 2.05) is 18.2 Å². The first-order valence-electron chi connectivity index (χ1n) is 5.45. The second-order valence-corrected chi connectivity index (χ2v) is 7.30. The maximum atomic E-state index is 5.25. The minimum atomic E-state index is 0.264. The zero-order valence-corrected chi connectivity index (χ0v) is 14.0. The van der Waals surface area contributed by atoms with Crippen molar-refractivity contribution in [3.05, 3.63) is 43.5 Å². The minimum Gasteiger partial charge on any atom is -0.497 e. The smallest absolute Gasteiger partial charge is 0.122 e. The van der Waals surface area contributed by atoms with Crippen LogP contribution in [0.2, 0.25) is 0 Å². The molecule has 0 aliphatic rings. The molecular weight excluding hydrogens is 378 g/mol. The van der Waals surface area contributed by atoms with Crippen LogP contribution in [0.5, 0.6) is 5.75 Å². The van der Waals surface area contributed by atoms with Gasteiger partial charge in [-0.1, -0.05) is 15.9 Å². The van der Waals surface area contributed by atoms with Gasteiger partial charge in [0.05, 0.1) is 16.9 Å². The molecule has 0 aliphatic heterocycles. The van der Waals surface area contributed by atoms with Gasteiger partial charge >= 0.3 is 0 Å². The van der Waals surface area contributed by atoms with E-state index in [1.165, 1.54) is 4.88 Å². The highest BCUT2D eigenvalue weighted by Gasteiger charge is 2.09. The number of hydrogen-bond acceptors (Lipinski definition) is 3. The third-order valence-electron chi connectivity index (χ3n) is 2.51. The topological polar surface area (TPSA) is 21.3 Å². The van der Waals surface area contributed by atoms with Crippen LogP contribution < -0.4 is 10.1 Å². The molecule has 1 aromatic carbocycles. The summed E-state index contributed by atoms with van der Waals surface area (Å²) in [6.45, 7) is 2.14.